The van der Waals surface area contributed by atoms with Crippen molar-refractivity contribution in [2.45, 2.75) is 25.3 Å². The number of amides is 2. The molecule has 0 radical (unpaired) electrons. The van der Waals surface area contributed by atoms with Gasteiger partial charge in [0.2, 0.25) is 0 Å². The maximum Gasteiger partial charge on any atom is 0.315 e. The van der Waals surface area contributed by atoms with E-state index in [0.717, 1.165) is 6.07 Å². The highest BCUT2D eigenvalue weighted by Gasteiger charge is 2.30. The summed E-state index contributed by atoms with van der Waals surface area (Å²) in [5.74, 6) is -5.17. The van der Waals surface area contributed by atoms with Crippen LogP contribution in [0.5, 0.6) is 0 Å². The first-order chi connectivity index (χ1) is 9.90. The molecular weight excluding hydrogens is 289 g/mol. The number of carboxylic acids is 1. The van der Waals surface area contributed by atoms with E-state index in [1.165, 1.54) is 0 Å². The molecule has 1 aliphatic carbocycles. The van der Waals surface area contributed by atoms with Crippen molar-refractivity contribution >= 4 is 12.0 Å². The predicted molar refractivity (Wildman–Crippen MR) is 66.2 cm³/mol. The van der Waals surface area contributed by atoms with Crippen LogP contribution in [0.3, 0.4) is 0 Å². The van der Waals surface area contributed by atoms with Crippen LogP contribution in [0, 0.1) is 17.5 Å². The molecule has 1 aliphatic rings. The molecule has 1 atom stereocenters. The number of benzene rings is 1. The summed E-state index contributed by atoms with van der Waals surface area (Å²) in [6, 6.07) is -0.518. The van der Waals surface area contributed by atoms with Gasteiger partial charge in [0.25, 0.3) is 0 Å². The van der Waals surface area contributed by atoms with E-state index in [9.17, 15) is 22.8 Å². The minimum absolute atomic E-state index is 0.0534. The van der Waals surface area contributed by atoms with Gasteiger partial charge in [0.1, 0.15) is 0 Å². The molecule has 1 aromatic rings. The molecule has 3 N–H and O–H groups in total. The van der Waals surface area contributed by atoms with Crippen molar-refractivity contribution in [3.8, 4) is 0 Å². The number of carbonyl (C=O) groups excluding carboxylic acids is 1. The first-order valence-corrected chi connectivity index (χ1v) is 6.32. The highest BCUT2D eigenvalue weighted by molar-refractivity contribution is 5.75. The van der Waals surface area contributed by atoms with Gasteiger partial charge in [-0.05, 0) is 24.5 Å². The van der Waals surface area contributed by atoms with Crippen molar-refractivity contribution in [2.75, 3.05) is 6.54 Å². The Morgan fingerprint density at radius 1 is 1.29 bits per heavy atom. The fraction of sp³-hybridized carbons (Fsp3) is 0.385. The second kappa shape index (κ2) is 6.02. The summed E-state index contributed by atoms with van der Waals surface area (Å²) in [6.07, 6.45) is 0.397. The monoisotopic (exact) mass is 302 g/mol. The van der Waals surface area contributed by atoms with Gasteiger partial charge < -0.3 is 15.7 Å². The number of nitrogens with one attached hydrogen (secondary N) is 2. The van der Waals surface area contributed by atoms with E-state index in [0.29, 0.717) is 18.4 Å². The average molecular weight is 302 g/mol. The highest BCUT2D eigenvalue weighted by Crippen LogP contribution is 2.35. The quantitative estimate of drug-likeness (QED) is 0.743. The second-order valence-corrected chi connectivity index (χ2v) is 4.69. The number of fused-ring (bicyclic) bond motifs is 1. The average Bonchev–Trinajstić information content (AvgIpc) is 2.78. The van der Waals surface area contributed by atoms with Crippen LogP contribution in [0.15, 0.2) is 6.07 Å². The maximum absolute atomic E-state index is 13.8. The molecule has 0 aliphatic heterocycles. The Kier molecular flexibility index (Phi) is 4.35. The Hall–Kier alpha value is -2.25. The van der Waals surface area contributed by atoms with Gasteiger partial charge in [-0.2, -0.15) is 0 Å². The van der Waals surface area contributed by atoms with E-state index in [1.807, 2.05) is 0 Å². The van der Waals surface area contributed by atoms with E-state index in [2.05, 4.69) is 10.6 Å². The van der Waals surface area contributed by atoms with Gasteiger partial charge in [0.15, 0.2) is 17.5 Å². The number of aliphatic carboxylic acids is 1. The van der Waals surface area contributed by atoms with E-state index in [1.54, 1.807) is 0 Å². The minimum atomic E-state index is -1.56. The van der Waals surface area contributed by atoms with E-state index in [-0.39, 0.29) is 18.5 Å². The zero-order chi connectivity index (χ0) is 15.6. The Morgan fingerprint density at radius 2 is 2.00 bits per heavy atom. The zero-order valence-corrected chi connectivity index (χ0v) is 10.9. The van der Waals surface area contributed by atoms with Gasteiger partial charge in [-0.25, -0.2) is 18.0 Å². The van der Waals surface area contributed by atoms with Crippen LogP contribution in [0.1, 0.15) is 30.0 Å². The fourth-order valence-corrected chi connectivity index (χ4v) is 2.32. The third-order valence-corrected chi connectivity index (χ3v) is 3.27. The van der Waals surface area contributed by atoms with Gasteiger partial charge in [-0.1, -0.05) is 0 Å². The van der Waals surface area contributed by atoms with Crippen LogP contribution in [0.4, 0.5) is 18.0 Å². The molecule has 1 aromatic carbocycles. The summed E-state index contributed by atoms with van der Waals surface area (Å²) >= 11 is 0. The molecule has 8 heteroatoms. The van der Waals surface area contributed by atoms with Gasteiger partial charge in [0, 0.05) is 12.1 Å². The third kappa shape index (κ3) is 3.26. The highest BCUT2D eigenvalue weighted by atomic mass is 19.2. The van der Waals surface area contributed by atoms with E-state index < -0.39 is 35.5 Å². The molecule has 0 fully saturated rings. The topological polar surface area (TPSA) is 78.4 Å². The van der Waals surface area contributed by atoms with Crippen molar-refractivity contribution in [3.05, 3.63) is 34.6 Å². The summed E-state index contributed by atoms with van der Waals surface area (Å²) in [4.78, 5) is 21.9. The van der Waals surface area contributed by atoms with Crippen LogP contribution < -0.4 is 10.6 Å². The van der Waals surface area contributed by atoms with Crippen LogP contribution in [0.25, 0.3) is 0 Å². The lowest BCUT2D eigenvalue weighted by molar-refractivity contribution is -0.136. The van der Waals surface area contributed by atoms with Gasteiger partial charge in [-0.3, -0.25) is 4.79 Å². The molecule has 2 amide bonds. The number of hydrogen-bond donors (Lipinski definition) is 3. The first-order valence-electron chi connectivity index (χ1n) is 6.32. The van der Waals surface area contributed by atoms with Gasteiger partial charge in [0.05, 0.1) is 12.5 Å². The smallest absolute Gasteiger partial charge is 0.315 e. The predicted octanol–water partition coefficient (Wildman–Crippen LogP) is 1.87. The molecule has 114 valence electrons. The number of halogens is 3. The Balaban J connectivity index is 2.04. The Bertz CT molecular complexity index is 593. The number of carboxylic acid groups (broad SMARTS) is 1. The molecule has 0 heterocycles. The van der Waals surface area contributed by atoms with Crippen LogP contribution in [-0.2, 0) is 11.2 Å². The number of rotatable bonds is 4. The first kappa shape index (κ1) is 15.1. The summed E-state index contributed by atoms with van der Waals surface area (Å²) < 4.78 is 40.1. The summed E-state index contributed by atoms with van der Waals surface area (Å²) in [5, 5.41) is 13.2. The zero-order valence-electron chi connectivity index (χ0n) is 10.9. The minimum Gasteiger partial charge on any atom is -0.481 e. The normalized spacial score (nSPS) is 16.4. The number of carbonyl (C=O) groups is 2. The molecule has 0 bridgehead atoms. The molecule has 0 saturated heterocycles. The summed E-state index contributed by atoms with van der Waals surface area (Å²) in [6.45, 7) is -0.0823. The maximum atomic E-state index is 13.8. The molecule has 0 saturated carbocycles. The van der Waals surface area contributed by atoms with Crippen LogP contribution in [0.2, 0.25) is 0 Å². The Labute approximate surface area is 118 Å². The Morgan fingerprint density at radius 3 is 2.67 bits per heavy atom. The van der Waals surface area contributed by atoms with Crippen molar-refractivity contribution in [1.82, 2.24) is 10.6 Å². The van der Waals surface area contributed by atoms with Gasteiger partial charge >= 0.3 is 12.0 Å². The second-order valence-electron chi connectivity index (χ2n) is 4.69. The lowest BCUT2D eigenvalue weighted by Gasteiger charge is -2.15. The molecule has 0 spiro atoms. The van der Waals surface area contributed by atoms with Crippen molar-refractivity contribution in [1.29, 1.82) is 0 Å². The number of aryl methyl sites for hydroxylation is 1. The number of hydrogen-bond acceptors (Lipinski definition) is 2. The SMILES string of the molecule is O=C(O)CCNC(=O)NC1CCc2cc(F)c(F)c(F)c21. The number of urea groups is 1. The summed E-state index contributed by atoms with van der Waals surface area (Å²) in [7, 11) is 0. The molecule has 0 aromatic heterocycles. The molecular formula is C13H13F3N2O3. The fourth-order valence-electron chi connectivity index (χ4n) is 2.32. The third-order valence-electron chi connectivity index (χ3n) is 3.27. The van der Waals surface area contributed by atoms with Crippen LogP contribution in [-0.4, -0.2) is 23.7 Å². The lowest BCUT2D eigenvalue weighted by Crippen LogP contribution is -2.38. The van der Waals surface area contributed by atoms with Crippen LogP contribution >= 0.6 is 0 Å². The molecule has 21 heavy (non-hydrogen) atoms. The molecule has 2 rings (SSSR count). The standard InChI is InChI=1S/C13H13F3N2O3/c14-7-5-6-1-2-8(10(6)12(16)11(7)15)18-13(21)17-4-3-9(19)20/h5,8H,1-4H2,(H,19,20)(H2,17,18,21). The largest absolute Gasteiger partial charge is 0.481 e. The summed E-state index contributed by atoms with van der Waals surface area (Å²) in [5.41, 5.74) is 0.268. The van der Waals surface area contributed by atoms with E-state index >= 15 is 0 Å². The van der Waals surface area contributed by atoms with Gasteiger partial charge in [-0.15, -0.1) is 0 Å². The molecule has 5 nitrogen and oxygen atoms in total. The lowest BCUT2D eigenvalue weighted by atomic mass is 10.1. The molecule has 1 unspecified atom stereocenters. The van der Waals surface area contributed by atoms with E-state index in [4.69, 9.17) is 5.11 Å². The van der Waals surface area contributed by atoms with Crippen molar-refractivity contribution < 1.29 is 27.9 Å². The van der Waals surface area contributed by atoms with Crippen molar-refractivity contribution in [2.24, 2.45) is 0 Å². The van der Waals surface area contributed by atoms with Crippen molar-refractivity contribution in [3.63, 3.8) is 0 Å².